The van der Waals surface area contributed by atoms with Crippen LogP contribution >= 0.6 is 0 Å². The van der Waals surface area contributed by atoms with Crippen molar-refractivity contribution in [1.29, 1.82) is 0 Å². The van der Waals surface area contributed by atoms with Crippen LogP contribution in [-0.4, -0.2) is 66.4 Å². The molecule has 1 N–H and O–H groups in total. The maximum atomic E-state index is 10.5. The molecule has 5 nitrogen and oxygen atoms in total. The van der Waals surface area contributed by atoms with Gasteiger partial charge in [0.15, 0.2) is 0 Å². The summed E-state index contributed by atoms with van der Waals surface area (Å²) in [7, 11) is 0. The molecule has 2 aliphatic heterocycles. The molecule has 1 aromatic carbocycles. The van der Waals surface area contributed by atoms with Crippen LogP contribution in [0.3, 0.4) is 0 Å². The molecule has 0 radical (unpaired) electrons. The van der Waals surface area contributed by atoms with Crippen LogP contribution in [0.15, 0.2) is 40.8 Å². The Morgan fingerprint density at radius 3 is 2.64 bits per heavy atom. The highest BCUT2D eigenvalue weighted by molar-refractivity contribution is 5.62. The normalized spacial score (nSPS) is 25.5. The number of likely N-dealkylation sites (tertiary alicyclic amines) is 1. The van der Waals surface area contributed by atoms with Crippen LogP contribution in [0.5, 0.6) is 0 Å². The topological polar surface area (TPSA) is 49.1 Å². The highest BCUT2D eigenvalue weighted by Crippen LogP contribution is 2.28. The number of nitrogens with zero attached hydrogens (tertiary/aromatic N) is 2. The van der Waals surface area contributed by atoms with E-state index in [4.69, 9.17) is 9.15 Å². The van der Waals surface area contributed by atoms with E-state index in [2.05, 4.69) is 28.0 Å². The van der Waals surface area contributed by atoms with Crippen LogP contribution < -0.4 is 0 Å². The van der Waals surface area contributed by atoms with Gasteiger partial charge in [0.25, 0.3) is 0 Å². The van der Waals surface area contributed by atoms with Gasteiger partial charge >= 0.3 is 0 Å². The molecule has 2 fully saturated rings. The van der Waals surface area contributed by atoms with Crippen molar-refractivity contribution >= 4 is 0 Å². The predicted octanol–water partition coefficient (Wildman–Crippen LogP) is 2.13. The molecule has 1 aromatic heterocycles. The fourth-order valence-corrected chi connectivity index (χ4v) is 3.96. The second kappa shape index (κ2) is 7.30. The van der Waals surface area contributed by atoms with Crippen molar-refractivity contribution in [2.24, 2.45) is 0 Å². The fraction of sp³-hybridized carbons (Fsp3) is 0.500. The van der Waals surface area contributed by atoms with Crippen LogP contribution in [0.4, 0.5) is 0 Å². The van der Waals surface area contributed by atoms with Crippen molar-refractivity contribution in [3.8, 4) is 11.3 Å². The number of aliphatic hydroxyl groups excluding tert-OH is 1. The van der Waals surface area contributed by atoms with E-state index in [1.807, 2.05) is 25.1 Å². The molecule has 0 bridgehead atoms. The van der Waals surface area contributed by atoms with Crippen molar-refractivity contribution in [3.63, 3.8) is 0 Å². The number of furan rings is 1. The van der Waals surface area contributed by atoms with E-state index in [0.29, 0.717) is 6.54 Å². The number of aliphatic hydroxyl groups is 1. The fourth-order valence-electron chi connectivity index (χ4n) is 3.96. The largest absolute Gasteiger partial charge is 0.461 e. The summed E-state index contributed by atoms with van der Waals surface area (Å²) in [6.45, 7) is 7.77. The summed E-state index contributed by atoms with van der Waals surface area (Å²) in [5.74, 6) is 1.84. The Bertz CT molecular complexity index is 708. The molecular formula is C20H26N2O3. The van der Waals surface area contributed by atoms with Gasteiger partial charge in [-0.05, 0) is 24.6 Å². The Hall–Kier alpha value is -1.66. The molecule has 4 rings (SSSR count). The summed E-state index contributed by atoms with van der Waals surface area (Å²) in [5, 5.41) is 10.5. The molecule has 2 aliphatic rings. The SMILES string of the molecule is Cc1ccc(-c2ccccc2CN2C[C@H](O)[C@@H](N3CCOCC3)C2)o1. The van der Waals surface area contributed by atoms with Crippen molar-refractivity contribution in [2.45, 2.75) is 25.6 Å². The molecule has 0 unspecified atom stereocenters. The van der Waals surface area contributed by atoms with Crippen LogP contribution in [-0.2, 0) is 11.3 Å². The van der Waals surface area contributed by atoms with E-state index in [0.717, 1.165) is 56.5 Å². The average molecular weight is 342 g/mol. The Kier molecular flexibility index (Phi) is 4.90. The number of rotatable bonds is 4. The minimum absolute atomic E-state index is 0.210. The number of β-amino-alcohol motifs (C(OH)–C–C–N with tert-alkyl or cyclic N) is 1. The third kappa shape index (κ3) is 3.65. The van der Waals surface area contributed by atoms with E-state index in [9.17, 15) is 5.11 Å². The molecule has 2 saturated heterocycles. The van der Waals surface area contributed by atoms with Crippen molar-refractivity contribution in [2.75, 3.05) is 39.4 Å². The minimum atomic E-state index is -0.295. The first-order valence-electron chi connectivity index (χ1n) is 9.07. The molecule has 2 aromatic rings. The highest BCUT2D eigenvalue weighted by Gasteiger charge is 2.36. The van der Waals surface area contributed by atoms with Crippen LogP contribution in [0, 0.1) is 6.92 Å². The monoisotopic (exact) mass is 342 g/mol. The van der Waals surface area contributed by atoms with Crippen molar-refractivity contribution in [3.05, 3.63) is 47.7 Å². The van der Waals surface area contributed by atoms with Gasteiger partial charge in [0.1, 0.15) is 11.5 Å². The number of aryl methyl sites for hydroxylation is 1. The van der Waals surface area contributed by atoms with Gasteiger partial charge in [0.05, 0.1) is 19.3 Å². The average Bonchev–Trinajstić information content (AvgIpc) is 3.22. The van der Waals surface area contributed by atoms with Gasteiger partial charge in [0, 0.05) is 44.3 Å². The molecule has 0 amide bonds. The number of ether oxygens (including phenoxy) is 1. The number of morpholine rings is 1. The number of benzene rings is 1. The van der Waals surface area contributed by atoms with E-state index in [-0.39, 0.29) is 12.1 Å². The van der Waals surface area contributed by atoms with E-state index < -0.39 is 0 Å². The second-order valence-corrected chi connectivity index (χ2v) is 7.04. The van der Waals surface area contributed by atoms with E-state index in [1.54, 1.807) is 0 Å². The quantitative estimate of drug-likeness (QED) is 0.922. The summed E-state index contributed by atoms with van der Waals surface area (Å²) in [6, 6.07) is 12.6. The summed E-state index contributed by atoms with van der Waals surface area (Å²) < 4.78 is 11.3. The Morgan fingerprint density at radius 1 is 1.08 bits per heavy atom. The summed E-state index contributed by atoms with van der Waals surface area (Å²) >= 11 is 0. The van der Waals surface area contributed by atoms with Gasteiger partial charge in [-0.3, -0.25) is 9.80 Å². The highest BCUT2D eigenvalue weighted by atomic mass is 16.5. The zero-order chi connectivity index (χ0) is 17.2. The lowest BCUT2D eigenvalue weighted by Crippen LogP contribution is -2.48. The van der Waals surface area contributed by atoms with E-state index >= 15 is 0 Å². The Morgan fingerprint density at radius 2 is 1.88 bits per heavy atom. The van der Waals surface area contributed by atoms with Gasteiger partial charge in [-0.15, -0.1) is 0 Å². The lowest BCUT2D eigenvalue weighted by molar-refractivity contribution is -0.00618. The Balaban J connectivity index is 1.48. The van der Waals surface area contributed by atoms with Gasteiger partial charge in [-0.25, -0.2) is 0 Å². The first-order valence-corrected chi connectivity index (χ1v) is 9.07. The van der Waals surface area contributed by atoms with Crippen molar-refractivity contribution in [1.82, 2.24) is 9.80 Å². The van der Waals surface area contributed by atoms with E-state index in [1.165, 1.54) is 5.56 Å². The zero-order valence-corrected chi connectivity index (χ0v) is 14.7. The predicted molar refractivity (Wildman–Crippen MR) is 96.3 cm³/mol. The Labute approximate surface area is 148 Å². The third-order valence-corrected chi connectivity index (χ3v) is 5.27. The molecule has 134 valence electrons. The maximum Gasteiger partial charge on any atom is 0.134 e. The number of hydrogen-bond acceptors (Lipinski definition) is 5. The molecule has 5 heteroatoms. The van der Waals surface area contributed by atoms with Gasteiger partial charge in [0.2, 0.25) is 0 Å². The first-order chi connectivity index (χ1) is 12.2. The zero-order valence-electron chi connectivity index (χ0n) is 14.7. The molecule has 25 heavy (non-hydrogen) atoms. The molecule has 0 aliphatic carbocycles. The van der Waals surface area contributed by atoms with Gasteiger partial charge in [-0.2, -0.15) is 0 Å². The molecular weight excluding hydrogens is 316 g/mol. The summed E-state index contributed by atoms with van der Waals surface area (Å²) in [4.78, 5) is 4.72. The standard InChI is InChI=1S/C20H26N2O3/c1-15-6-7-20(25-15)17-5-3-2-4-16(17)12-21-13-18(19(23)14-21)22-8-10-24-11-9-22/h2-7,18-19,23H,8-14H2,1H3/t18-,19-/m0/s1. The molecule has 0 spiro atoms. The molecule has 2 atom stereocenters. The summed E-state index contributed by atoms with van der Waals surface area (Å²) in [6.07, 6.45) is -0.295. The lowest BCUT2D eigenvalue weighted by Gasteiger charge is -2.33. The lowest BCUT2D eigenvalue weighted by atomic mass is 10.0. The van der Waals surface area contributed by atoms with Gasteiger partial charge < -0.3 is 14.3 Å². The van der Waals surface area contributed by atoms with Crippen molar-refractivity contribution < 1.29 is 14.3 Å². The van der Waals surface area contributed by atoms with Gasteiger partial charge in [-0.1, -0.05) is 24.3 Å². The smallest absolute Gasteiger partial charge is 0.134 e. The second-order valence-electron chi connectivity index (χ2n) is 7.04. The maximum absolute atomic E-state index is 10.5. The molecule has 3 heterocycles. The summed E-state index contributed by atoms with van der Waals surface area (Å²) in [5.41, 5.74) is 2.38. The van der Waals surface area contributed by atoms with Crippen LogP contribution in [0.1, 0.15) is 11.3 Å². The molecule has 0 saturated carbocycles. The van der Waals surface area contributed by atoms with Crippen LogP contribution in [0.25, 0.3) is 11.3 Å². The minimum Gasteiger partial charge on any atom is -0.461 e. The number of hydrogen-bond donors (Lipinski definition) is 1. The first kappa shape index (κ1) is 16.8. The van der Waals surface area contributed by atoms with Crippen LogP contribution in [0.2, 0.25) is 0 Å². The third-order valence-electron chi connectivity index (χ3n) is 5.27.